The molecule has 1 N–H and O–H groups in total. The topological polar surface area (TPSA) is 61.9 Å². The number of ether oxygens (including phenoxy) is 1. The van der Waals surface area contributed by atoms with Gasteiger partial charge in [-0.25, -0.2) is 0 Å². The normalized spacial score (nSPS) is 22.6. The van der Waals surface area contributed by atoms with E-state index in [1.54, 1.807) is 25.5 Å². The van der Waals surface area contributed by atoms with Crippen LogP contribution in [-0.2, 0) is 14.9 Å². The monoisotopic (exact) mass is 279 g/mol. The van der Waals surface area contributed by atoms with Gasteiger partial charge in [-0.1, -0.05) is 0 Å². The van der Waals surface area contributed by atoms with E-state index in [0.717, 1.165) is 25.9 Å². The quantitative estimate of drug-likeness (QED) is 0.652. The van der Waals surface area contributed by atoms with E-state index in [0.29, 0.717) is 25.6 Å². The smallest absolute Gasteiger partial charge is 0.281 e. The number of hydrogen-bond donors (Lipinski definition) is 1. The highest BCUT2D eigenvalue weighted by Gasteiger charge is 2.29. The average Bonchev–Trinajstić information content (AvgIpc) is 2.35. The fourth-order valence-electron chi connectivity index (χ4n) is 2.11. The van der Waals surface area contributed by atoms with Gasteiger partial charge in [-0.05, 0) is 25.3 Å². The summed E-state index contributed by atoms with van der Waals surface area (Å²) >= 11 is 0. The summed E-state index contributed by atoms with van der Waals surface area (Å²) in [5, 5.41) is 3.30. The number of hydrogen-bond acceptors (Lipinski definition) is 4. The van der Waals surface area contributed by atoms with Crippen molar-refractivity contribution in [1.29, 1.82) is 0 Å². The lowest BCUT2D eigenvalue weighted by Gasteiger charge is -2.33. The summed E-state index contributed by atoms with van der Waals surface area (Å²) in [4.78, 5) is 0. The number of nitrogens with one attached hydrogen (secondary N) is 1. The molecule has 0 aromatic rings. The minimum Gasteiger partial charge on any atom is -0.383 e. The fourth-order valence-corrected chi connectivity index (χ4v) is 3.34. The second-order valence-electron chi connectivity index (χ2n) is 4.85. The Labute approximate surface area is 110 Å². The minimum absolute atomic E-state index is 0.394. The molecular weight excluding hydrogens is 254 g/mol. The second kappa shape index (κ2) is 7.40. The molecule has 0 amide bonds. The maximum Gasteiger partial charge on any atom is 0.281 e. The van der Waals surface area contributed by atoms with E-state index in [-0.39, 0.29) is 0 Å². The van der Waals surface area contributed by atoms with Gasteiger partial charge in [0.15, 0.2) is 0 Å². The molecule has 0 spiro atoms. The lowest BCUT2D eigenvalue weighted by atomic mass is 10.00. The van der Waals surface area contributed by atoms with Crippen LogP contribution in [0.1, 0.15) is 12.8 Å². The van der Waals surface area contributed by atoms with Crippen LogP contribution in [0.3, 0.4) is 0 Å². The van der Waals surface area contributed by atoms with Crippen LogP contribution in [0.25, 0.3) is 0 Å². The third-order valence-corrected chi connectivity index (χ3v) is 5.09. The summed E-state index contributed by atoms with van der Waals surface area (Å²) in [7, 11) is 1.58. The van der Waals surface area contributed by atoms with Crippen molar-refractivity contribution in [2.24, 2.45) is 5.92 Å². The van der Waals surface area contributed by atoms with Crippen molar-refractivity contribution in [3.63, 3.8) is 0 Å². The van der Waals surface area contributed by atoms with Crippen molar-refractivity contribution < 1.29 is 13.2 Å². The molecule has 1 atom stereocenters. The van der Waals surface area contributed by atoms with Crippen LogP contribution in [0.15, 0.2) is 0 Å². The van der Waals surface area contributed by atoms with Gasteiger partial charge in [0.2, 0.25) is 0 Å². The first kappa shape index (κ1) is 15.8. The summed E-state index contributed by atoms with van der Waals surface area (Å²) in [5.41, 5.74) is 0. The number of methoxy groups -OCH3 is 1. The molecule has 18 heavy (non-hydrogen) atoms. The maximum atomic E-state index is 12.0. The average molecular weight is 279 g/mol. The van der Waals surface area contributed by atoms with Crippen molar-refractivity contribution >= 4 is 10.2 Å². The molecule has 7 heteroatoms. The van der Waals surface area contributed by atoms with Gasteiger partial charge in [0.1, 0.15) is 0 Å². The third-order valence-electron chi connectivity index (χ3n) is 3.19. The van der Waals surface area contributed by atoms with E-state index in [1.807, 2.05) is 0 Å². The van der Waals surface area contributed by atoms with Gasteiger partial charge in [-0.15, -0.1) is 0 Å². The Balaban J connectivity index is 2.41. The summed E-state index contributed by atoms with van der Waals surface area (Å²) in [6.45, 7) is 3.60. The highest BCUT2D eigenvalue weighted by Crippen LogP contribution is 2.19. The molecule has 0 aromatic carbocycles. The molecule has 1 fully saturated rings. The first-order chi connectivity index (χ1) is 8.48. The largest absolute Gasteiger partial charge is 0.383 e. The Bertz CT molecular complexity index is 332. The van der Waals surface area contributed by atoms with Crippen LogP contribution in [0.4, 0.5) is 0 Å². The molecule has 1 heterocycles. The van der Waals surface area contributed by atoms with Gasteiger partial charge in [0, 0.05) is 40.8 Å². The Hall–Kier alpha value is -0.210. The fraction of sp³-hybridized carbons (Fsp3) is 1.00. The molecule has 6 nitrogen and oxygen atoms in total. The Morgan fingerprint density at radius 3 is 2.78 bits per heavy atom. The summed E-state index contributed by atoms with van der Waals surface area (Å²) in [6.07, 6.45) is 2.02. The van der Waals surface area contributed by atoms with Gasteiger partial charge in [0.25, 0.3) is 10.2 Å². The van der Waals surface area contributed by atoms with Crippen LogP contribution in [0.5, 0.6) is 0 Å². The molecule has 0 aliphatic carbocycles. The van der Waals surface area contributed by atoms with Crippen molar-refractivity contribution in [2.45, 2.75) is 12.8 Å². The second-order valence-corrected chi connectivity index (χ2v) is 7.00. The molecule has 0 radical (unpaired) electrons. The summed E-state index contributed by atoms with van der Waals surface area (Å²) in [6, 6.07) is 0. The number of nitrogens with zero attached hydrogens (tertiary/aromatic N) is 2. The Morgan fingerprint density at radius 1 is 1.44 bits per heavy atom. The van der Waals surface area contributed by atoms with Gasteiger partial charge in [0.05, 0.1) is 6.61 Å². The first-order valence-electron chi connectivity index (χ1n) is 6.35. The van der Waals surface area contributed by atoms with Crippen LogP contribution in [-0.4, -0.2) is 71.0 Å². The molecule has 0 saturated carbocycles. The summed E-state index contributed by atoms with van der Waals surface area (Å²) in [5.74, 6) is 0.394. The van der Waals surface area contributed by atoms with Gasteiger partial charge in [-0.2, -0.15) is 17.0 Å². The van der Waals surface area contributed by atoms with E-state index in [2.05, 4.69) is 5.32 Å². The third kappa shape index (κ3) is 4.47. The molecule has 1 aliphatic rings. The van der Waals surface area contributed by atoms with Gasteiger partial charge < -0.3 is 10.1 Å². The van der Waals surface area contributed by atoms with Gasteiger partial charge in [-0.3, -0.25) is 0 Å². The van der Waals surface area contributed by atoms with E-state index in [4.69, 9.17) is 4.74 Å². The number of piperidine rings is 1. The zero-order chi connectivity index (χ0) is 13.6. The van der Waals surface area contributed by atoms with E-state index < -0.39 is 10.2 Å². The highest BCUT2D eigenvalue weighted by atomic mass is 32.2. The van der Waals surface area contributed by atoms with Crippen LogP contribution in [0, 0.1) is 5.92 Å². The van der Waals surface area contributed by atoms with Crippen molar-refractivity contribution in [3.8, 4) is 0 Å². The van der Waals surface area contributed by atoms with Crippen molar-refractivity contribution in [2.75, 3.05) is 54.0 Å². The zero-order valence-electron chi connectivity index (χ0n) is 11.6. The zero-order valence-corrected chi connectivity index (χ0v) is 12.4. The SMILES string of the molecule is COCCNCC1CCCN(S(=O)(=O)N(C)C)C1. The molecule has 1 rings (SSSR count). The predicted octanol–water partition coefficient (Wildman–Crippen LogP) is -0.259. The Morgan fingerprint density at radius 2 is 2.17 bits per heavy atom. The molecule has 0 aromatic heterocycles. The molecule has 0 bridgehead atoms. The lowest BCUT2D eigenvalue weighted by molar-refractivity contribution is 0.192. The Kier molecular flexibility index (Phi) is 6.51. The van der Waals surface area contributed by atoms with E-state index in [1.165, 1.54) is 4.31 Å². The first-order valence-corrected chi connectivity index (χ1v) is 7.75. The molecule has 108 valence electrons. The molecule has 1 saturated heterocycles. The number of rotatable bonds is 7. The molecular formula is C11H25N3O3S. The minimum atomic E-state index is -3.25. The van der Waals surface area contributed by atoms with E-state index in [9.17, 15) is 8.42 Å². The van der Waals surface area contributed by atoms with Crippen LogP contribution in [0.2, 0.25) is 0 Å². The van der Waals surface area contributed by atoms with Crippen LogP contribution < -0.4 is 5.32 Å². The van der Waals surface area contributed by atoms with Crippen molar-refractivity contribution in [3.05, 3.63) is 0 Å². The van der Waals surface area contributed by atoms with E-state index >= 15 is 0 Å². The molecule has 1 unspecified atom stereocenters. The standard InChI is InChI=1S/C11H25N3O3S/c1-13(2)18(15,16)14-7-4-5-11(10-14)9-12-6-8-17-3/h11-12H,4-10H2,1-3H3. The van der Waals surface area contributed by atoms with Crippen molar-refractivity contribution in [1.82, 2.24) is 13.9 Å². The lowest BCUT2D eigenvalue weighted by Crippen LogP contribution is -2.47. The van der Waals surface area contributed by atoms with Gasteiger partial charge >= 0.3 is 0 Å². The summed E-state index contributed by atoms with van der Waals surface area (Å²) < 4.78 is 31.9. The molecule has 1 aliphatic heterocycles. The predicted molar refractivity (Wildman–Crippen MR) is 71.6 cm³/mol. The maximum absolute atomic E-state index is 12.0. The van der Waals surface area contributed by atoms with Crippen LogP contribution >= 0.6 is 0 Å². The highest BCUT2D eigenvalue weighted by molar-refractivity contribution is 7.86.